The molecule has 0 unspecified atom stereocenters. The second kappa shape index (κ2) is 9.02. The quantitative estimate of drug-likeness (QED) is 0.287. The van der Waals surface area contributed by atoms with Gasteiger partial charge in [-0.2, -0.15) is 5.10 Å². The van der Waals surface area contributed by atoms with Crippen LogP contribution >= 0.6 is 0 Å². The first-order valence-electron chi connectivity index (χ1n) is 11.2. The first-order chi connectivity index (χ1) is 16.5. The summed E-state index contributed by atoms with van der Waals surface area (Å²) in [6, 6.07) is 8.33. The van der Waals surface area contributed by atoms with Crippen molar-refractivity contribution in [2.24, 2.45) is 0 Å². The van der Waals surface area contributed by atoms with Crippen LogP contribution in [0.15, 0.2) is 42.6 Å². The third-order valence-electron chi connectivity index (χ3n) is 6.39. The summed E-state index contributed by atoms with van der Waals surface area (Å²) in [5, 5.41) is 36.4. The fourth-order valence-corrected chi connectivity index (χ4v) is 4.63. The van der Waals surface area contributed by atoms with Crippen molar-refractivity contribution in [2.75, 3.05) is 26.3 Å². The Bertz CT molecular complexity index is 1380. The van der Waals surface area contributed by atoms with Gasteiger partial charge in [-0.15, -0.1) is 0 Å². The summed E-state index contributed by atoms with van der Waals surface area (Å²) < 4.78 is 15.5. The maximum absolute atomic E-state index is 15.5. The smallest absolute Gasteiger partial charge is 0.159 e. The van der Waals surface area contributed by atoms with Crippen LogP contribution < -0.4 is 0 Å². The number of phenols is 1. The summed E-state index contributed by atoms with van der Waals surface area (Å²) in [6.07, 6.45) is 4.33. The molecule has 0 spiro atoms. The predicted octanol–water partition coefficient (Wildman–Crippen LogP) is 3.08. The van der Waals surface area contributed by atoms with Crippen LogP contribution in [0, 0.1) is 5.82 Å². The number of fused-ring (bicyclic) bond motifs is 1. The number of aliphatic hydroxyl groups is 2. The molecule has 0 saturated heterocycles. The van der Waals surface area contributed by atoms with Gasteiger partial charge in [0.05, 0.1) is 31.1 Å². The lowest BCUT2D eigenvalue weighted by molar-refractivity contribution is 0.147. The number of rotatable bonds is 7. The van der Waals surface area contributed by atoms with Crippen LogP contribution in [0.5, 0.6) is 5.75 Å². The van der Waals surface area contributed by atoms with Gasteiger partial charge in [-0.3, -0.25) is 10.00 Å². The van der Waals surface area contributed by atoms with Crippen LogP contribution in [0.25, 0.3) is 39.1 Å². The monoisotopic (exact) mass is 463 g/mol. The van der Waals surface area contributed by atoms with Crippen molar-refractivity contribution in [1.82, 2.24) is 25.1 Å². The Morgan fingerprint density at radius 2 is 2.00 bits per heavy atom. The maximum Gasteiger partial charge on any atom is 0.159 e. The number of aryl methyl sites for hydroxylation is 1. The zero-order chi connectivity index (χ0) is 23.8. The van der Waals surface area contributed by atoms with Gasteiger partial charge in [0, 0.05) is 24.0 Å². The number of aliphatic hydroxyl groups excluding tert-OH is 2. The molecule has 1 atom stereocenters. The Kier molecular flexibility index (Phi) is 5.91. The van der Waals surface area contributed by atoms with E-state index in [9.17, 15) is 15.3 Å². The van der Waals surface area contributed by atoms with Gasteiger partial charge in [-0.1, -0.05) is 25.1 Å². The summed E-state index contributed by atoms with van der Waals surface area (Å²) in [4.78, 5) is 9.74. The molecular weight excluding hydrogens is 437 g/mol. The second-order valence-corrected chi connectivity index (χ2v) is 8.40. The van der Waals surface area contributed by atoms with E-state index in [2.05, 4.69) is 20.2 Å². The van der Waals surface area contributed by atoms with Crippen molar-refractivity contribution in [3.63, 3.8) is 0 Å². The molecule has 3 heterocycles. The van der Waals surface area contributed by atoms with E-state index in [-0.39, 0.29) is 30.5 Å². The zero-order valence-corrected chi connectivity index (χ0v) is 18.7. The largest absolute Gasteiger partial charge is 0.508 e. The Labute approximate surface area is 195 Å². The van der Waals surface area contributed by atoms with E-state index in [1.807, 2.05) is 24.0 Å². The highest BCUT2D eigenvalue weighted by Gasteiger charge is 2.26. The van der Waals surface area contributed by atoms with E-state index in [1.165, 1.54) is 0 Å². The summed E-state index contributed by atoms with van der Waals surface area (Å²) in [5.41, 5.74) is 4.58. The number of nitrogens with one attached hydrogen (secondary N) is 2. The first-order valence-corrected chi connectivity index (χ1v) is 11.2. The van der Waals surface area contributed by atoms with Gasteiger partial charge in [0.25, 0.3) is 0 Å². The fourth-order valence-electron chi connectivity index (χ4n) is 4.63. The number of nitrogens with zero attached hydrogens (tertiary/aromatic N) is 3. The van der Waals surface area contributed by atoms with E-state index < -0.39 is 5.82 Å². The predicted molar refractivity (Wildman–Crippen MR) is 128 cm³/mol. The number of hydrogen-bond acceptors (Lipinski definition) is 6. The van der Waals surface area contributed by atoms with Crippen LogP contribution in [0.1, 0.15) is 18.2 Å². The second-order valence-electron chi connectivity index (χ2n) is 8.40. The number of aromatic amines is 2. The molecule has 4 aromatic rings. The summed E-state index contributed by atoms with van der Waals surface area (Å²) in [7, 11) is 0. The van der Waals surface area contributed by atoms with E-state index in [0.29, 0.717) is 42.0 Å². The molecule has 9 heteroatoms. The molecular formula is C25H26FN5O3. The zero-order valence-electron chi connectivity index (χ0n) is 18.7. The Hall–Kier alpha value is -3.53. The van der Waals surface area contributed by atoms with Crippen molar-refractivity contribution >= 4 is 16.5 Å². The van der Waals surface area contributed by atoms with E-state index >= 15 is 4.39 Å². The molecule has 176 valence electrons. The third kappa shape index (κ3) is 3.77. The lowest BCUT2D eigenvalue weighted by Gasteiger charge is -2.21. The normalized spacial score (nSPS) is 16.5. The maximum atomic E-state index is 15.5. The van der Waals surface area contributed by atoms with Crippen LogP contribution in [0.4, 0.5) is 4.39 Å². The molecule has 2 aromatic carbocycles. The molecule has 8 nitrogen and oxygen atoms in total. The highest BCUT2D eigenvalue weighted by molar-refractivity contribution is 5.95. The number of β-amino-alcohol motifs (C(OH)–C–C–N with tert-alkyl or cyclic N) is 1. The average Bonchev–Trinajstić information content (AvgIpc) is 3.57. The number of aromatic hydroxyl groups is 1. The van der Waals surface area contributed by atoms with Gasteiger partial charge in [0.15, 0.2) is 11.6 Å². The third-order valence-corrected chi connectivity index (χ3v) is 6.39. The lowest BCUT2D eigenvalue weighted by Crippen LogP contribution is -2.35. The van der Waals surface area contributed by atoms with Crippen molar-refractivity contribution in [2.45, 2.75) is 19.4 Å². The SMILES string of the molecule is CCc1cc(O)ccc1-c1ccc2c(-c3ncc(C4=C[C@H](CO)N(CCO)C4)[nH]3)[nH]nc2c1F. The number of hydrogen-bond donors (Lipinski definition) is 5. The molecule has 0 radical (unpaired) electrons. The lowest BCUT2D eigenvalue weighted by atomic mass is 9.96. The number of imidazole rings is 1. The molecule has 0 saturated carbocycles. The number of halogens is 1. The van der Waals surface area contributed by atoms with Gasteiger partial charge in [-0.05, 0) is 41.3 Å². The first kappa shape index (κ1) is 22.3. The van der Waals surface area contributed by atoms with E-state index in [4.69, 9.17) is 0 Å². The highest BCUT2D eigenvalue weighted by Crippen LogP contribution is 2.35. The molecule has 5 N–H and O–H groups in total. The van der Waals surface area contributed by atoms with Crippen LogP contribution in [-0.4, -0.2) is 72.7 Å². The molecule has 1 aliphatic heterocycles. The summed E-state index contributed by atoms with van der Waals surface area (Å²) in [5.74, 6) is 0.252. The van der Waals surface area contributed by atoms with Crippen molar-refractivity contribution in [3.05, 3.63) is 59.7 Å². The molecule has 34 heavy (non-hydrogen) atoms. The Morgan fingerprint density at radius 3 is 2.76 bits per heavy atom. The number of H-pyrrole nitrogens is 2. The number of aromatic nitrogens is 4. The van der Waals surface area contributed by atoms with E-state index in [0.717, 1.165) is 22.4 Å². The molecule has 1 aliphatic rings. The molecule has 0 fully saturated rings. The van der Waals surface area contributed by atoms with E-state index in [1.54, 1.807) is 30.5 Å². The molecule has 2 aromatic heterocycles. The average molecular weight is 464 g/mol. The van der Waals surface area contributed by atoms with Crippen LogP contribution in [0.2, 0.25) is 0 Å². The minimum absolute atomic E-state index is 0.0173. The molecule has 5 rings (SSSR count). The summed E-state index contributed by atoms with van der Waals surface area (Å²) >= 11 is 0. The van der Waals surface area contributed by atoms with Gasteiger partial charge >= 0.3 is 0 Å². The summed E-state index contributed by atoms with van der Waals surface area (Å²) in [6.45, 7) is 3.00. The molecule has 0 amide bonds. The van der Waals surface area contributed by atoms with Crippen LogP contribution in [-0.2, 0) is 6.42 Å². The van der Waals surface area contributed by atoms with Crippen molar-refractivity contribution < 1.29 is 19.7 Å². The minimum Gasteiger partial charge on any atom is -0.508 e. The van der Waals surface area contributed by atoms with Gasteiger partial charge in [-0.25, -0.2) is 9.37 Å². The highest BCUT2D eigenvalue weighted by atomic mass is 19.1. The topological polar surface area (TPSA) is 121 Å². The van der Waals surface area contributed by atoms with Gasteiger partial charge < -0.3 is 20.3 Å². The molecule has 0 bridgehead atoms. The van der Waals surface area contributed by atoms with Gasteiger partial charge in [0.2, 0.25) is 0 Å². The number of phenolic OH excluding ortho intramolecular Hbond substituents is 1. The standard InChI is InChI=1S/C25H26FN5O3/c1-2-14-10-17(34)3-4-18(14)19-5-6-20-23(22(19)26)29-30-24(20)25-27-11-21(28-25)15-9-16(13-33)31(12-15)7-8-32/h3-6,9-11,16,32-34H,2,7-8,12-13H2,1H3,(H,27,28)(H,29,30)/t16-/m1/s1. The van der Waals surface area contributed by atoms with Crippen molar-refractivity contribution in [3.8, 4) is 28.4 Å². The van der Waals surface area contributed by atoms with Gasteiger partial charge in [0.1, 0.15) is 17.0 Å². The molecule has 0 aliphatic carbocycles. The minimum atomic E-state index is -0.434. The van der Waals surface area contributed by atoms with Crippen molar-refractivity contribution in [1.29, 1.82) is 0 Å². The number of benzene rings is 2. The van der Waals surface area contributed by atoms with Crippen LogP contribution in [0.3, 0.4) is 0 Å². The fraction of sp³-hybridized carbons (Fsp3) is 0.280. The Balaban J connectivity index is 1.49. The Morgan fingerprint density at radius 1 is 1.18 bits per heavy atom.